The third kappa shape index (κ3) is 6.62. The van der Waals surface area contributed by atoms with Gasteiger partial charge in [0.2, 0.25) is 5.91 Å². The number of likely N-dealkylation sites (tertiary alicyclic amines) is 1. The highest BCUT2D eigenvalue weighted by Gasteiger charge is 2.53. The number of benzene rings is 1. The van der Waals surface area contributed by atoms with Gasteiger partial charge < -0.3 is 19.4 Å². The molecule has 0 N–H and O–H groups in total. The summed E-state index contributed by atoms with van der Waals surface area (Å²) in [5.74, 6) is 0.147. The first-order valence-electron chi connectivity index (χ1n) is 14.7. The van der Waals surface area contributed by atoms with Crippen LogP contribution >= 0.6 is 0 Å². The third-order valence-corrected chi connectivity index (χ3v) is 8.66. The van der Waals surface area contributed by atoms with Crippen molar-refractivity contribution in [1.82, 2.24) is 9.80 Å². The standard InChI is InChI=1S/C30H47N3O3/c1-2-36-28(34)19-13-14-22-32-25-33(27-17-11-8-12-18-27)30(29(32)35)20-23-31(24-21-30)26-15-9-6-4-3-5-7-10-16-26/h8,11-12,17-18,26H,2-7,9-10,13-16,19-25H2,1H3. The molecule has 1 amide bonds. The summed E-state index contributed by atoms with van der Waals surface area (Å²) in [5, 5.41) is 0. The minimum atomic E-state index is -0.436. The highest BCUT2D eigenvalue weighted by atomic mass is 16.5. The van der Waals surface area contributed by atoms with E-state index in [1.807, 2.05) is 17.9 Å². The minimum absolute atomic E-state index is 0.138. The second-order valence-electron chi connectivity index (χ2n) is 11.0. The summed E-state index contributed by atoms with van der Waals surface area (Å²) >= 11 is 0. The van der Waals surface area contributed by atoms with Gasteiger partial charge in [-0.15, -0.1) is 0 Å². The highest BCUT2D eigenvalue weighted by molar-refractivity contribution is 5.93. The summed E-state index contributed by atoms with van der Waals surface area (Å²) in [6, 6.07) is 11.2. The van der Waals surface area contributed by atoms with Crippen LogP contribution in [-0.4, -0.2) is 66.2 Å². The molecule has 4 rings (SSSR count). The van der Waals surface area contributed by atoms with Gasteiger partial charge in [-0.25, -0.2) is 0 Å². The van der Waals surface area contributed by atoms with Crippen LogP contribution in [0.3, 0.4) is 0 Å². The minimum Gasteiger partial charge on any atom is -0.466 e. The Kier molecular flexibility index (Phi) is 10.1. The van der Waals surface area contributed by atoms with Gasteiger partial charge in [-0.3, -0.25) is 9.59 Å². The fourth-order valence-corrected chi connectivity index (χ4v) is 6.59. The van der Waals surface area contributed by atoms with Gasteiger partial charge in [0.05, 0.1) is 13.3 Å². The van der Waals surface area contributed by atoms with Crippen molar-refractivity contribution in [3.63, 3.8) is 0 Å². The smallest absolute Gasteiger partial charge is 0.305 e. The summed E-state index contributed by atoms with van der Waals surface area (Å²) in [7, 11) is 0. The normalized spacial score (nSPS) is 22.2. The molecule has 0 atom stereocenters. The number of ether oxygens (including phenoxy) is 1. The summed E-state index contributed by atoms with van der Waals surface area (Å²) in [6.45, 7) is 5.63. The van der Waals surface area contributed by atoms with Gasteiger partial charge in [-0.05, 0) is 57.6 Å². The molecule has 0 unspecified atom stereocenters. The number of esters is 1. The first-order valence-corrected chi connectivity index (χ1v) is 14.7. The molecule has 1 aromatic rings. The van der Waals surface area contributed by atoms with Gasteiger partial charge in [-0.1, -0.05) is 63.1 Å². The first-order chi connectivity index (χ1) is 17.6. The quantitative estimate of drug-likeness (QED) is 0.338. The SMILES string of the molecule is CCOC(=O)CCCCN1CN(c2ccccc2)C2(CCN(C3CCCCCCCCC3)CC2)C1=O. The van der Waals surface area contributed by atoms with Crippen LogP contribution < -0.4 is 4.90 Å². The molecule has 36 heavy (non-hydrogen) atoms. The summed E-state index contributed by atoms with van der Waals surface area (Å²) in [5.41, 5.74) is 0.710. The predicted octanol–water partition coefficient (Wildman–Crippen LogP) is 5.75. The van der Waals surface area contributed by atoms with Crippen LogP contribution in [0.1, 0.15) is 96.8 Å². The van der Waals surface area contributed by atoms with E-state index in [9.17, 15) is 9.59 Å². The zero-order chi connectivity index (χ0) is 25.2. The van der Waals surface area contributed by atoms with Gasteiger partial charge in [0.25, 0.3) is 0 Å². The number of anilines is 1. The molecular weight excluding hydrogens is 450 g/mol. The Morgan fingerprint density at radius 2 is 1.58 bits per heavy atom. The number of para-hydroxylation sites is 1. The van der Waals surface area contributed by atoms with Gasteiger partial charge >= 0.3 is 5.97 Å². The Hall–Kier alpha value is -2.08. The molecule has 2 aliphatic heterocycles. The van der Waals surface area contributed by atoms with Crippen LogP contribution in [0.2, 0.25) is 0 Å². The fourth-order valence-electron chi connectivity index (χ4n) is 6.59. The molecule has 2 heterocycles. The number of nitrogens with zero attached hydrogens (tertiary/aromatic N) is 3. The lowest BCUT2D eigenvalue weighted by Gasteiger charge is -2.45. The number of hydrogen-bond acceptors (Lipinski definition) is 5. The number of amides is 1. The van der Waals surface area contributed by atoms with Crippen molar-refractivity contribution < 1.29 is 14.3 Å². The number of hydrogen-bond donors (Lipinski definition) is 0. The van der Waals surface area contributed by atoms with Crippen molar-refractivity contribution in [2.75, 3.05) is 37.8 Å². The number of carbonyl (C=O) groups is 2. The Morgan fingerprint density at radius 1 is 0.944 bits per heavy atom. The Balaban J connectivity index is 1.40. The van der Waals surface area contributed by atoms with Crippen LogP contribution in [0, 0.1) is 0 Å². The molecule has 3 aliphatic rings. The van der Waals surface area contributed by atoms with Crippen LogP contribution in [0.5, 0.6) is 0 Å². The molecule has 0 bridgehead atoms. The maximum atomic E-state index is 13.9. The molecule has 1 aromatic carbocycles. The molecule has 3 fully saturated rings. The fraction of sp³-hybridized carbons (Fsp3) is 0.733. The van der Waals surface area contributed by atoms with Crippen molar-refractivity contribution in [2.24, 2.45) is 0 Å². The van der Waals surface area contributed by atoms with Crippen LogP contribution in [0.15, 0.2) is 30.3 Å². The van der Waals surface area contributed by atoms with Crippen molar-refractivity contribution in [1.29, 1.82) is 0 Å². The van der Waals surface area contributed by atoms with Crippen molar-refractivity contribution >= 4 is 17.6 Å². The van der Waals surface area contributed by atoms with Crippen molar-refractivity contribution in [2.45, 2.75) is 108 Å². The summed E-state index contributed by atoms with van der Waals surface area (Å²) in [6.07, 6.45) is 16.1. The van der Waals surface area contributed by atoms with E-state index in [2.05, 4.69) is 34.1 Å². The zero-order valence-electron chi connectivity index (χ0n) is 22.5. The van der Waals surface area contributed by atoms with Gasteiger partial charge in [0, 0.05) is 37.8 Å². The van der Waals surface area contributed by atoms with Crippen LogP contribution in [0.4, 0.5) is 5.69 Å². The van der Waals surface area contributed by atoms with E-state index in [1.165, 1.54) is 57.8 Å². The van der Waals surface area contributed by atoms with E-state index in [4.69, 9.17) is 4.74 Å². The number of piperidine rings is 1. The molecule has 200 valence electrons. The molecule has 1 saturated carbocycles. The number of carbonyl (C=O) groups excluding carboxylic acids is 2. The number of rotatable bonds is 8. The van der Waals surface area contributed by atoms with Crippen LogP contribution in [0.25, 0.3) is 0 Å². The van der Waals surface area contributed by atoms with E-state index < -0.39 is 5.54 Å². The summed E-state index contributed by atoms with van der Waals surface area (Å²) in [4.78, 5) is 32.8. The van der Waals surface area contributed by atoms with E-state index in [0.29, 0.717) is 32.3 Å². The monoisotopic (exact) mass is 497 g/mol. The van der Waals surface area contributed by atoms with E-state index in [-0.39, 0.29) is 11.9 Å². The lowest BCUT2D eigenvalue weighted by atomic mass is 9.84. The average Bonchev–Trinajstić information content (AvgIpc) is 3.17. The van der Waals surface area contributed by atoms with Crippen molar-refractivity contribution in [3.8, 4) is 0 Å². The van der Waals surface area contributed by atoms with E-state index in [0.717, 1.165) is 44.5 Å². The Bertz CT molecular complexity index is 812. The second-order valence-corrected chi connectivity index (χ2v) is 11.0. The second kappa shape index (κ2) is 13.5. The molecular formula is C30H47N3O3. The van der Waals surface area contributed by atoms with E-state index in [1.54, 1.807) is 0 Å². The van der Waals surface area contributed by atoms with E-state index >= 15 is 0 Å². The molecule has 6 nitrogen and oxygen atoms in total. The summed E-state index contributed by atoms with van der Waals surface area (Å²) < 4.78 is 5.06. The van der Waals surface area contributed by atoms with Gasteiger partial charge in [0.15, 0.2) is 0 Å². The number of unbranched alkanes of at least 4 members (excludes halogenated alkanes) is 1. The first kappa shape index (κ1) is 27.0. The van der Waals surface area contributed by atoms with Gasteiger partial charge in [0.1, 0.15) is 5.54 Å². The molecule has 0 radical (unpaired) electrons. The van der Waals surface area contributed by atoms with Crippen molar-refractivity contribution in [3.05, 3.63) is 30.3 Å². The third-order valence-electron chi connectivity index (χ3n) is 8.66. The molecule has 2 saturated heterocycles. The lowest BCUT2D eigenvalue weighted by molar-refractivity contribution is -0.143. The molecule has 0 aromatic heterocycles. The molecule has 6 heteroatoms. The Morgan fingerprint density at radius 3 is 2.22 bits per heavy atom. The average molecular weight is 498 g/mol. The zero-order valence-corrected chi connectivity index (χ0v) is 22.5. The largest absolute Gasteiger partial charge is 0.466 e. The predicted molar refractivity (Wildman–Crippen MR) is 145 cm³/mol. The van der Waals surface area contributed by atoms with Gasteiger partial charge in [-0.2, -0.15) is 0 Å². The maximum absolute atomic E-state index is 13.9. The maximum Gasteiger partial charge on any atom is 0.305 e. The Labute approximate surface area is 218 Å². The topological polar surface area (TPSA) is 53.1 Å². The van der Waals surface area contributed by atoms with Crippen LogP contribution in [-0.2, 0) is 14.3 Å². The molecule has 1 aliphatic carbocycles. The lowest BCUT2D eigenvalue weighted by Crippen LogP contribution is -2.58. The molecule has 1 spiro atoms. The highest BCUT2D eigenvalue weighted by Crippen LogP contribution is 2.40.